The fraction of sp³-hybridized carbons (Fsp3) is 0.292. The van der Waals surface area contributed by atoms with E-state index in [1.54, 1.807) is 24.4 Å². The minimum absolute atomic E-state index is 0.142. The average molecular weight is 476 g/mol. The summed E-state index contributed by atoms with van der Waals surface area (Å²) in [5.41, 5.74) is 7.45. The molecule has 0 radical (unpaired) electrons. The number of carbonyl (C=O) groups excluding carboxylic acids is 2. The molecule has 1 aliphatic rings. The third kappa shape index (κ3) is 4.58. The van der Waals surface area contributed by atoms with Crippen molar-refractivity contribution in [2.45, 2.75) is 39.3 Å². The van der Waals surface area contributed by atoms with E-state index in [1.807, 2.05) is 37.8 Å². The molecule has 0 unspecified atom stereocenters. The summed E-state index contributed by atoms with van der Waals surface area (Å²) in [6, 6.07) is 8.59. The van der Waals surface area contributed by atoms with Gasteiger partial charge in [-0.25, -0.2) is 14.8 Å². The lowest BCUT2D eigenvalue weighted by Crippen LogP contribution is -2.29. The number of nitrogens with two attached hydrogens (primary N) is 1. The number of nitrogens with one attached hydrogen (secondary N) is 1. The van der Waals surface area contributed by atoms with Gasteiger partial charge in [-0.3, -0.25) is 19.6 Å². The number of rotatable bonds is 5. The second-order valence-corrected chi connectivity index (χ2v) is 9.48. The van der Waals surface area contributed by atoms with E-state index in [1.165, 1.54) is 10.9 Å². The number of nitrogens with zero attached hydrogens (tertiary/aromatic N) is 5. The van der Waals surface area contributed by atoms with Gasteiger partial charge in [0.1, 0.15) is 17.8 Å². The highest BCUT2D eigenvalue weighted by molar-refractivity contribution is 5.98. The van der Waals surface area contributed by atoms with Gasteiger partial charge in [-0.1, -0.05) is 25.9 Å². The molecule has 4 aromatic rings. The molecule has 3 aromatic heterocycles. The average Bonchev–Trinajstić information content (AvgIpc) is 3.50. The molecule has 1 aromatic carbocycles. The quantitative estimate of drug-likeness (QED) is 0.447. The van der Waals surface area contributed by atoms with E-state index < -0.39 is 5.91 Å². The highest BCUT2D eigenvalue weighted by Gasteiger charge is 2.26. The summed E-state index contributed by atoms with van der Waals surface area (Å²) in [7, 11) is 0. The first kappa shape index (κ1) is 22.5. The third-order valence-electron chi connectivity index (χ3n) is 5.71. The van der Waals surface area contributed by atoms with Crippen LogP contribution in [0.1, 0.15) is 37.8 Å². The van der Waals surface area contributed by atoms with Gasteiger partial charge in [0.25, 0.3) is 0 Å². The lowest BCUT2D eigenvalue weighted by Gasteiger charge is -2.12. The maximum atomic E-state index is 12.8. The molecule has 2 amide bonds. The zero-order valence-electron chi connectivity index (χ0n) is 19.6. The van der Waals surface area contributed by atoms with Crippen molar-refractivity contribution < 1.29 is 18.8 Å². The molecule has 4 heterocycles. The number of aromatic nitrogens is 4. The van der Waals surface area contributed by atoms with Crippen LogP contribution in [-0.4, -0.2) is 43.1 Å². The maximum absolute atomic E-state index is 12.8. The summed E-state index contributed by atoms with van der Waals surface area (Å²) in [4.78, 5) is 34.6. The Morgan fingerprint density at radius 2 is 2.00 bits per heavy atom. The summed E-state index contributed by atoms with van der Waals surface area (Å²) in [6.07, 6.45) is 3.12. The van der Waals surface area contributed by atoms with E-state index in [0.29, 0.717) is 41.8 Å². The zero-order valence-corrected chi connectivity index (χ0v) is 19.6. The Bertz CT molecular complexity index is 1430. The van der Waals surface area contributed by atoms with E-state index in [4.69, 9.17) is 15.0 Å². The topological polar surface area (TPSA) is 141 Å². The summed E-state index contributed by atoms with van der Waals surface area (Å²) in [5, 5.41) is 7.52. The standard InChI is InChI=1S/C24H25N7O4/c1-24(2,3)19-9-21(29-35-19)28-23(33)31-7-6-14-8-15(4-5-18(14)31)34-22-16-10-30(12-20(25)32)11-17(16)26-13-27-22/h4-9,13H,10-12H2,1-3H3,(H2,25,32)(H,28,29,33). The third-order valence-corrected chi connectivity index (χ3v) is 5.71. The van der Waals surface area contributed by atoms with Crippen molar-refractivity contribution in [3.8, 4) is 11.6 Å². The molecule has 0 saturated carbocycles. The smallest absolute Gasteiger partial charge is 0.331 e. The first-order valence-corrected chi connectivity index (χ1v) is 11.1. The summed E-state index contributed by atoms with van der Waals surface area (Å²) in [6.45, 7) is 7.15. The van der Waals surface area contributed by atoms with E-state index in [-0.39, 0.29) is 18.0 Å². The van der Waals surface area contributed by atoms with Gasteiger partial charge in [-0.15, -0.1) is 0 Å². The highest BCUT2D eigenvalue weighted by Crippen LogP contribution is 2.32. The van der Waals surface area contributed by atoms with E-state index in [0.717, 1.165) is 16.6 Å². The predicted molar refractivity (Wildman–Crippen MR) is 127 cm³/mol. The minimum Gasteiger partial charge on any atom is -0.439 e. The van der Waals surface area contributed by atoms with Crippen molar-refractivity contribution in [1.82, 2.24) is 24.6 Å². The number of amides is 2. The molecule has 0 saturated heterocycles. The van der Waals surface area contributed by atoms with E-state index in [2.05, 4.69) is 20.4 Å². The number of carbonyl (C=O) groups is 2. The van der Waals surface area contributed by atoms with Crippen LogP contribution in [0.5, 0.6) is 11.6 Å². The molecule has 35 heavy (non-hydrogen) atoms. The monoisotopic (exact) mass is 475 g/mol. The molecule has 11 heteroatoms. The van der Waals surface area contributed by atoms with Gasteiger partial charge in [0.05, 0.1) is 23.3 Å². The number of primary amides is 1. The fourth-order valence-corrected chi connectivity index (χ4v) is 3.97. The van der Waals surface area contributed by atoms with Gasteiger partial charge in [-0.2, -0.15) is 0 Å². The fourth-order valence-electron chi connectivity index (χ4n) is 3.97. The van der Waals surface area contributed by atoms with Crippen molar-refractivity contribution in [2.24, 2.45) is 5.73 Å². The van der Waals surface area contributed by atoms with Crippen LogP contribution in [-0.2, 0) is 23.3 Å². The van der Waals surface area contributed by atoms with Crippen LogP contribution in [0.15, 0.2) is 47.4 Å². The number of benzene rings is 1. The van der Waals surface area contributed by atoms with Crippen LogP contribution in [0.2, 0.25) is 0 Å². The lowest BCUT2D eigenvalue weighted by molar-refractivity contribution is -0.119. The first-order chi connectivity index (χ1) is 16.7. The Kier molecular flexibility index (Phi) is 5.48. The van der Waals surface area contributed by atoms with Gasteiger partial charge >= 0.3 is 6.03 Å². The van der Waals surface area contributed by atoms with Crippen molar-refractivity contribution >= 4 is 28.7 Å². The molecule has 180 valence electrons. The van der Waals surface area contributed by atoms with E-state index in [9.17, 15) is 9.59 Å². The highest BCUT2D eigenvalue weighted by atomic mass is 16.5. The SMILES string of the molecule is CC(C)(C)c1cc(NC(=O)n2ccc3cc(Oc4ncnc5c4CN(CC(N)=O)C5)ccc32)no1. The first-order valence-electron chi connectivity index (χ1n) is 11.1. The van der Waals surface area contributed by atoms with Crippen LogP contribution < -0.4 is 15.8 Å². The second-order valence-electron chi connectivity index (χ2n) is 9.48. The van der Waals surface area contributed by atoms with Crippen LogP contribution >= 0.6 is 0 Å². The van der Waals surface area contributed by atoms with Gasteiger partial charge in [0, 0.05) is 36.2 Å². The Morgan fingerprint density at radius 1 is 1.17 bits per heavy atom. The molecule has 0 fully saturated rings. The van der Waals surface area contributed by atoms with E-state index >= 15 is 0 Å². The predicted octanol–water partition coefficient (Wildman–Crippen LogP) is 3.39. The van der Waals surface area contributed by atoms with Crippen LogP contribution in [0.25, 0.3) is 10.9 Å². The molecule has 0 aliphatic carbocycles. The zero-order chi connectivity index (χ0) is 24.7. The van der Waals surface area contributed by atoms with Gasteiger partial charge in [0.2, 0.25) is 11.8 Å². The van der Waals surface area contributed by atoms with Crippen LogP contribution in [0.3, 0.4) is 0 Å². The largest absolute Gasteiger partial charge is 0.439 e. The minimum atomic E-state index is -0.398. The summed E-state index contributed by atoms with van der Waals surface area (Å²) < 4.78 is 12.9. The number of hydrogen-bond acceptors (Lipinski definition) is 8. The normalized spacial score (nSPS) is 13.7. The van der Waals surface area contributed by atoms with Crippen molar-refractivity contribution in [1.29, 1.82) is 0 Å². The maximum Gasteiger partial charge on any atom is 0.331 e. The molecule has 0 spiro atoms. The van der Waals surface area contributed by atoms with Crippen LogP contribution in [0, 0.1) is 0 Å². The number of anilines is 1. The summed E-state index contributed by atoms with van der Waals surface area (Å²) >= 11 is 0. The Balaban J connectivity index is 1.33. The molecular weight excluding hydrogens is 450 g/mol. The Morgan fingerprint density at radius 3 is 2.74 bits per heavy atom. The number of hydrogen-bond donors (Lipinski definition) is 2. The second kappa shape index (κ2) is 8.51. The van der Waals surface area contributed by atoms with Crippen molar-refractivity contribution in [3.05, 3.63) is 59.9 Å². The molecule has 0 atom stereocenters. The van der Waals surface area contributed by atoms with Gasteiger partial charge in [0.15, 0.2) is 5.82 Å². The molecular formula is C24H25N7O4. The molecule has 3 N–H and O–H groups in total. The summed E-state index contributed by atoms with van der Waals surface area (Å²) in [5.74, 6) is 1.63. The van der Waals surface area contributed by atoms with Crippen molar-refractivity contribution in [3.63, 3.8) is 0 Å². The molecule has 5 rings (SSSR count). The number of fused-ring (bicyclic) bond motifs is 2. The van der Waals surface area contributed by atoms with Crippen LogP contribution in [0.4, 0.5) is 10.6 Å². The Hall–Kier alpha value is -4.25. The van der Waals surface area contributed by atoms with Crippen molar-refractivity contribution in [2.75, 3.05) is 11.9 Å². The number of ether oxygens (including phenoxy) is 1. The molecule has 11 nitrogen and oxygen atoms in total. The van der Waals surface area contributed by atoms with Gasteiger partial charge < -0.3 is 15.0 Å². The molecule has 1 aliphatic heterocycles. The van der Waals surface area contributed by atoms with Gasteiger partial charge in [-0.05, 0) is 24.3 Å². The lowest BCUT2D eigenvalue weighted by atomic mass is 9.93. The molecule has 0 bridgehead atoms. The Labute approximate surface area is 200 Å².